The molecule has 1 aromatic heterocycles. The molecule has 6 rings (SSSR count). The molecule has 0 saturated heterocycles. The zero-order valence-electron chi connectivity index (χ0n) is 24.9. The molecule has 7 heteroatoms. The van der Waals surface area contributed by atoms with Gasteiger partial charge in [0.25, 0.3) is 11.8 Å². The third kappa shape index (κ3) is 5.84. The number of aromatic nitrogens is 1. The summed E-state index contributed by atoms with van der Waals surface area (Å²) >= 11 is 0. The number of hydrogen-bond acceptors (Lipinski definition) is 5. The predicted molar refractivity (Wildman–Crippen MR) is 171 cm³/mol. The second kappa shape index (κ2) is 13.7. The molecule has 0 radical (unpaired) electrons. The molecular formula is C36H32N4O3. The minimum atomic E-state index is -0.286. The minimum absolute atomic E-state index is 0.277. The van der Waals surface area contributed by atoms with E-state index in [1.165, 1.54) is 11.9 Å². The number of carbonyl (C=O) groups is 3. The zero-order chi connectivity index (χ0) is 31.8. The van der Waals surface area contributed by atoms with Crippen LogP contribution in [-0.4, -0.2) is 35.1 Å². The number of hydrogen-bond donors (Lipinski definition) is 0. The van der Waals surface area contributed by atoms with E-state index in [2.05, 4.69) is 41.5 Å². The number of amides is 2. The summed E-state index contributed by atoms with van der Waals surface area (Å²) < 4.78 is 2.07. The van der Waals surface area contributed by atoms with E-state index in [1.54, 1.807) is 13.0 Å². The molecule has 5 aromatic rings. The van der Waals surface area contributed by atoms with E-state index in [1.807, 2.05) is 82.2 Å². The molecule has 0 aliphatic carbocycles. The Morgan fingerprint density at radius 3 is 2.07 bits per heavy atom. The summed E-state index contributed by atoms with van der Waals surface area (Å²) in [5.41, 5.74) is 7.86. The fourth-order valence-electron chi connectivity index (χ4n) is 5.03. The lowest BCUT2D eigenvalue weighted by molar-refractivity contribution is -0.0980. The quantitative estimate of drug-likeness (QED) is 0.160. The van der Waals surface area contributed by atoms with Crippen LogP contribution in [0.15, 0.2) is 91.0 Å². The number of fused-ring (bicyclic) bond motifs is 4. The highest BCUT2D eigenvalue weighted by atomic mass is 16.2. The van der Waals surface area contributed by atoms with Gasteiger partial charge in [0.1, 0.15) is 6.79 Å². The fourth-order valence-corrected chi connectivity index (χ4v) is 5.03. The minimum Gasteiger partial charge on any atom is -0.308 e. The summed E-state index contributed by atoms with van der Waals surface area (Å²) in [4.78, 5) is 34.8. The first kappa shape index (κ1) is 31.7. The van der Waals surface area contributed by atoms with E-state index in [4.69, 9.17) is 10.1 Å². The van der Waals surface area contributed by atoms with Gasteiger partial charge in [-0.3, -0.25) is 14.5 Å². The van der Waals surface area contributed by atoms with Crippen LogP contribution < -0.4 is 0 Å². The van der Waals surface area contributed by atoms with E-state index >= 15 is 0 Å². The van der Waals surface area contributed by atoms with Crippen molar-refractivity contribution in [2.45, 2.75) is 27.7 Å². The second-order valence-corrected chi connectivity index (χ2v) is 9.49. The van der Waals surface area contributed by atoms with Crippen molar-refractivity contribution >= 4 is 40.4 Å². The average Bonchev–Trinajstić information content (AvgIpc) is 3.49. The maximum absolute atomic E-state index is 13.0. The van der Waals surface area contributed by atoms with Gasteiger partial charge < -0.3 is 9.36 Å². The Labute approximate surface area is 251 Å². The van der Waals surface area contributed by atoms with Gasteiger partial charge in [-0.2, -0.15) is 10.5 Å². The van der Waals surface area contributed by atoms with Gasteiger partial charge in [0.15, 0.2) is 0 Å². The van der Waals surface area contributed by atoms with E-state index in [9.17, 15) is 14.9 Å². The Bertz CT molecular complexity index is 1950. The molecule has 0 unspecified atom stereocenters. The highest BCUT2D eigenvalue weighted by molar-refractivity contribution is 6.23. The summed E-state index contributed by atoms with van der Waals surface area (Å²) in [6.45, 7) is 13.0. The number of nitrogens with zero attached hydrogens (tertiary/aromatic N) is 4. The molecule has 0 N–H and O–H groups in total. The van der Waals surface area contributed by atoms with E-state index < -0.39 is 0 Å². The number of benzene rings is 4. The van der Waals surface area contributed by atoms with Crippen LogP contribution in [-0.2, 0) is 4.79 Å². The lowest BCUT2D eigenvalue weighted by Crippen LogP contribution is -2.24. The van der Waals surface area contributed by atoms with Gasteiger partial charge >= 0.3 is 0 Å². The van der Waals surface area contributed by atoms with Gasteiger partial charge in [-0.15, -0.1) is 0 Å². The predicted octanol–water partition coefficient (Wildman–Crippen LogP) is 7.78. The number of carbonyl (C=O) groups excluding carboxylic acids is 3. The van der Waals surface area contributed by atoms with Crippen LogP contribution in [0, 0.1) is 29.6 Å². The summed E-state index contributed by atoms with van der Waals surface area (Å²) in [5.74, 6) is -0.562. The summed E-state index contributed by atoms with van der Waals surface area (Å²) in [5, 5.41) is 19.1. The van der Waals surface area contributed by atoms with E-state index in [0.29, 0.717) is 28.0 Å². The first-order valence-electron chi connectivity index (χ1n) is 13.6. The number of rotatable bonds is 2. The van der Waals surface area contributed by atoms with Crippen LogP contribution in [0.4, 0.5) is 0 Å². The molecule has 0 atom stereocenters. The monoisotopic (exact) mass is 568 g/mol. The molecule has 43 heavy (non-hydrogen) atoms. The van der Waals surface area contributed by atoms with Crippen molar-refractivity contribution in [3.63, 3.8) is 0 Å². The molecule has 1 aliphatic rings. The maximum Gasteiger partial charge on any atom is 0.263 e. The van der Waals surface area contributed by atoms with Crippen molar-refractivity contribution in [1.82, 2.24) is 9.47 Å². The molecule has 2 amide bonds. The van der Waals surface area contributed by atoms with E-state index in [-0.39, 0.29) is 11.8 Å². The number of imide groups is 1. The molecule has 214 valence electrons. The van der Waals surface area contributed by atoms with Crippen LogP contribution in [0.1, 0.15) is 52.6 Å². The zero-order valence-corrected chi connectivity index (χ0v) is 24.9. The number of allylic oxidation sites excluding steroid dienone is 1. The van der Waals surface area contributed by atoms with Crippen LogP contribution >= 0.6 is 0 Å². The molecule has 0 saturated carbocycles. The van der Waals surface area contributed by atoms with Crippen LogP contribution in [0.2, 0.25) is 0 Å². The summed E-state index contributed by atoms with van der Waals surface area (Å²) in [6.07, 6.45) is 0. The van der Waals surface area contributed by atoms with Gasteiger partial charge in [-0.1, -0.05) is 56.8 Å². The Morgan fingerprint density at radius 2 is 1.44 bits per heavy atom. The lowest BCUT2D eigenvalue weighted by Gasteiger charge is -2.12. The van der Waals surface area contributed by atoms with Crippen LogP contribution in [0.5, 0.6) is 0 Å². The van der Waals surface area contributed by atoms with Crippen LogP contribution in [0.3, 0.4) is 0 Å². The third-order valence-corrected chi connectivity index (χ3v) is 6.87. The van der Waals surface area contributed by atoms with Crippen molar-refractivity contribution < 1.29 is 14.4 Å². The summed E-state index contributed by atoms with van der Waals surface area (Å²) in [7, 11) is 1.52. The van der Waals surface area contributed by atoms with Crippen LogP contribution in [0.25, 0.3) is 38.6 Å². The topological polar surface area (TPSA) is 107 Å². The van der Waals surface area contributed by atoms with Gasteiger partial charge in [0.2, 0.25) is 0 Å². The van der Waals surface area contributed by atoms with Crippen molar-refractivity contribution in [1.29, 1.82) is 10.5 Å². The number of para-hydroxylation sites is 1. The molecular weight excluding hydrogens is 536 g/mol. The Kier molecular flexibility index (Phi) is 10.1. The third-order valence-electron chi connectivity index (χ3n) is 6.87. The fraction of sp³-hybridized carbons (Fsp3) is 0.139. The molecule has 0 fully saturated rings. The lowest BCUT2D eigenvalue weighted by atomic mass is 9.97. The molecule has 4 aromatic carbocycles. The van der Waals surface area contributed by atoms with Gasteiger partial charge in [0, 0.05) is 23.4 Å². The number of aryl methyl sites for hydroxylation is 1. The van der Waals surface area contributed by atoms with Crippen molar-refractivity contribution in [3.8, 4) is 29.0 Å². The van der Waals surface area contributed by atoms with Gasteiger partial charge in [0.05, 0.1) is 45.5 Å². The summed E-state index contributed by atoms with van der Waals surface area (Å²) in [6, 6.07) is 29.6. The maximum atomic E-state index is 13.0. The first-order valence-corrected chi connectivity index (χ1v) is 13.6. The van der Waals surface area contributed by atoms with Gasteiger partial charge in [-0.25, -0.2) is 0 Å². The smallest absolute Gasteiger partial charge is 0.263 e. The van der Waals surface area contributed by atoms with Crippen molar-refractivity contribution in [2.24, 2.45) is 0 Å². The highest BCUT2D eigenvalue weighted by Gasteiger charge is 2.35. The molecule has 0 bridgehead atoms. The Hall–Kier alpha value is -5.79. The van der Waals surface area contributed by atoms with Crippen molar-refractivity contribution in [2.75, 3.05) is 7.05 Å². The molecule has 0 spiro atoms. The molecule has 7 nitrogen and oxygen atoms in total. The molecule has 1 aliphatic heterocycles. The van der Waals surface area contributed by atoms with Gasteiger partial charge in [-0.05, 0) is 73.0 Å². The standard InChI is InChI=1S/C29H19N3O2.C4H5N.C2H6.CH2O/c1-17-14-18(16-30)10-12-20(17)19-11-13-25-23(15-19)21-6-3-4-8-24(21)32(25)26-9-5-7-22-27(26)29(34)31(2)28(22)33;1-4(2)3-5;2*1-2/h3-15H,1-2H3;1H2,2H3;1-2H3;1H2. The average molecular weight is 569 g/mol. The largest absolute Gasteiger partial charge is 0.308 e. The SMILES string of the molecule is C=C(C)C#N.C=O.CC.Cc1cc(C#N)ccc1-c1ccc2c(c1)c1ccccc1n2-c1cccc2c1C(=O)N(C)C2=O. The van der Waals surface area contributed by atoms with Crippen molar-refractivity contribution in [3.05, 3.63) is 113 Å². The first-order chi connectivity index (χ1) is 20.8. The number of nitriles is 2. The highest BCUT2D eigenvalue weighted by Crippen LogP contribution is 2.38. The normalized spacial score (nSPS) is 11.2. The molecule has 2 heterocycles. The van der Waals surface area contributed by atoms with E-state index in [0.717, 1.165) is 38.5 Å². The second-order valence-electron chi connectivity index (χ2n) is 9.49. The Morgan fingerprint density at radius 1 is 0.791 bits per heavy atom. The Balaban J connectivity index is 0.000000505.